The molecule has 1 atom stereocenters. The molecule has 0 radical (unpaired) electrons. The summed E-state index contributed by atoms with van der Waals surface area (Å²) < 4.78 is 26.6. The van der Waals surface area contributed by atoms with Gasteiger partial charge in [0.15, 0.2) is 0 Å². The Labute approximate surface area is 102 Å². The van der Waals surface area contributed by atoms with E-state index in [9.17, 15) is 8.78 Å². The summed E-state index contributed by atoms with van der Waals surface area (Å²) in [5.41, 5.74) is 0.551. The maximum absolute atomic E-state index is 13.5. The summed E-state index contributed by atoms with van der Waals surface area (Å²) in [5.74, 6) is -0.759. The SMILES string of the molecule is CCC(C)(C)CNC(C)c1cc(F)ccc1F. The Balaban J connectivity index is 2.70. The molecule has 1 unspecified atom stereocenters. The first kappa shape index (κ1) is 14.1. The third-order valence-corrected chi connectivity index (χ3v) is 3.27. The molecule has 3 heteroatoms. The van der Waals surface area contributed by atoms with Gasteiger partial charge >= 0.3 is 0 Å². The molecule has 0 aliphatic carbocycles. The van der Waals surface area contributed by atoms with Gasteiger partial charge in [-0.05, 0) is 37.0 Å². The molecule has 0 spiro atoms. The standard InChI is InChI=1S/C14H21F2N/c1-5-14(3,4)9-17-10(2)12-8-11(15)6-7-13(12)16/h6-8,10,17H,5,9H2,1-4H3. The molecule has 1 rings (SSSR count). The Kier molecular flexibility index (Phi) is 4.63. The van der Waals surface area contributed by atoms with Crippen LogP contribution in [0.2, 0.25) is 0 Å². The Morgan fingerprint density at radius 3 is 2.53 bits per heavy atom. The number of benzene rings is 1. The molecule has 0 saturated carbocycles. The van der Waals surface area contributed by atoms with E-state index in [-0.39, 0.29) is 17.3 Å². The molecule has 0 aliphatic rings. The van der Waals surface area contributed by atoms with Gasteiger partial charge in [0.25, 0.3) is 0 Å². The lowest BCUT2D eigenvalue weighted by Gasteiger charge is -2.26. The van der Waals surface area contributed by atoms with E-state index >= 15 is 0 Å². The summed E-state index contributed by atoms with van der Waals surface area (Å²) in [5, 5.41) is 3.25. The van der Waals surface area contributed by atoms with Gasteiger partial charge in [0.2, 0.25) is 0 Å². The summed E-state index contributed by atoms with van der Waals surface area (Å²) in [6.07, 6.45) is 1.04. The molecule has 0 saturated heterocycles. The second-order valence-corrected chi connectivity index (χ2v) is 5.29. The Bertz CT molecular complexity index is 374. The molecule has 1 N–H and O–H groups in total. The molecule has 17 heavy (non-hydrogen) atoms. The minimum atomic E-state index is -0.398. The zero-order chi connectivity index (χ0) is 13.1. The molecule has 1 aromatic carbocycles. The average molecular weight is 241 g/mol. The largest absolute Gasteiger partial charge is 0.310 e. The van der Waals surface area contributed by atoms with Gasteiger partial charge in [0.1, 0.15) is 11.6 Å². The number of nitrogens with one attached hydrogen (secondary N) is 1. The lowest BCUT2D eigenvalue weighted by Crippen LogP contribution is -2.31. The van der Waals surface area contributed by atoms with Crippen molar-refractivity contribution in [2.45, 2.75) is 40.2 Å². The van der Waals surface area contributed by atoms with Crippen molar-refractivity contribution in [2.24, 2.45) is 5.41 Å². The van der Waals surface area contributed by atoms with Crippen LogP contribution in [0.25, 0.3) is 0 Å². The van der Waals surface area contributed by atoms with Gasteiger partial charge in [0.05, 0.1) is 0 Å². The molecule has 0 bridgehead atoms. The number of hydrogen-bond acceptors (Lipinski definition) is 1. The normalized spacial score (nSPS) is 13.8. The van der Waals surface area contributed by atoms with Gasteiger partial charge in [0, 0.05) is 18.2 Å². The summed E-state index contributed by atoms with van der Waals surface area (Å²) in [6, 6.07) is 3.39. The average Bonchev–Trinajstić information content (AvgIpc) is 2.29. The van der Waals surface area contributed by atoms with Crippen LogP contribution in [-0.2, 0) is 0 Å². The van der Waals surface area contributed by atoms with Crippen molar-refractivity contribution in [2.75, 3.05) is 6.54 Å². The van der Waals surface area contributed by atoms with Gasteiger partial charge in [-0.3, -0.25) is 0 Å². The summed E-state index contributed by atoms with van der Waals surface area (Å²) >= 11 is 0. The highest BCUT2D eigenvalue weighted by molar-refractivity contribution is 5.21. The highest BCUT2D eigenvalue weighted by Gasteiger charge is 2.18. The molecule has 0 aliphatic heterocycles. The fourth-order valence-corrected chi connectivity index (χ4v) is 1.51. The van der Waals surface area contributed by atoms with Crippen LogP contribution in [0.3, 0.4) is 0 Å². The molecule has 1 aromatic rings. The first-order chi connectivity index (χ1) is 7.85. The van der Waals surface area contributed by atoms with Gasteiger partial charge in [-0.25, -0.2) is 8.78 Å². The predicted octanol–water partition coefficient (Wildman–Crippen LogP) is 4.05. The molecular formula is C14H21F2N. The van der Waals surface area contributed by atoms with Crippen molar-refractivity contribution in [1.82, 2.24) is 5.32 Å². The molecular weight excluding hydrogens is 220 g/mol. The van der Waals surface area contributed by atoms with Gasteiger partial charge < -0.3 is 5.32 Å². The number of rotatable bonds is 5. The van der Waals surface area contributed by atoms with E-state index in [0.717, 1.165) is 19.0 Å². The van der Waals surface area contributed by atoms with Crippen LogP contribution < -0.4 is 5.32 Å². The second-order valence-electron chi connectivity index (χ2n) is 5.29. The summed E-state index contributed by atoms with van der Waals surface area (Å²) in [6.45, 7) is 9.04. The fraction of sp³-hybridized carbons (Fsp3) is 0.571. The van der Waals surface area contributed by atoms with E-state index in [2.05, 4.69) is 26.1 Å². The van der Waals surface area contributed by atoms with Gasteiger partial charge in [-0.2, -0.15) is 0 Å². The lowest BCUT2D eigenvalue weighted by molar-refractivity contribution is 0.312. The Morgan fingerprint density at radius 1 is 1.29 bits per heavy atom. The first-order valence-electron chi connectivity index (χ1n) is 6.04. The zero-order valence-electron chi connectivity index (χ0n) is 11.0. The lowest BCUT2D eigenvalue weighted by atomic mass is 9.90. The van der Waals surface area contributed by atoms with Gasteiger partial charge in [-0.15, -0.1) is 0 Å². The van der Waals surface area contributed by atoms with Crippen LogP contribution in [0.4, 0.5) is 8.78 Å². The van der Waals surface area contributed by atoms with E-state index in [1.165, 1.54) is 12.1 Å². The molecule has 96 valence electrons. The van der Waals surface area contributed by atoms with Crippen molar-refractivity contribution < 1.29 is 8.78 Å². The first-order valence-corrected chi connectivity index (χ1v) is 6.04. The maximum Gasteiger partial charge on any atom is 0.128 e. The Morgan fingerprint density at radius 2 is 1.94 bits per heavy atom. The molecule has 0 heterocycles. The van der Waals surface area contributed by atoms with Crippen LogP contribution in [0.5, 0.6) is 0 Å². The van der Waals surface area contributed by atoms with Crippen molar-refractivity contribution in [3.8, 4) is 0 Å². The van der Waals surface area contributed by atoms with Crippen molar-refractivity contribution >= 4 is 0 Å². The van der Waals surface area contributed by atoms with E-state index in [4.69, 9.17) is 0 Å². The van der Waals surface area contributed by atoms with Crippen molar-refractivity contribution in [3.05, 3.63) is 35.4 Å². The van der Waals surface area contributed by atoms with Gasteiger partial charge in [-0.1, -0.05) is 20.8 Å². The summed E-state index contributed by atoms with van der Waals surface area (Å²) in [4.78, 5) is 0. The van der Waals surface area contributed by atoms with Crippen molar-refractivity contribution in [1.29, 1.82) is 0 Å². The van der Waals surface area contributed by atoms with Crippen LogP contribution in [0, 0.1) is 17.0 Å². The third-order valence-electron chi connectivity index (χ3n) is 3.27. The number of hydrogen-bond donors (Lipinski definition) is 1. The van der Waals surface area contributed by atoms with Crippen LogP contribution in [0.15, 0.2) is 18.2 Å². The van der Waals surface area contributed by atoms with Crippen LogP contribution in [0.1, 0.15) is 45.7 Å². The zero-order valence-corrected chi connectivity index (χ0v) is 11.0. The third kappa shape index (κ3) is 4.08. The van der Waals surface area contributed by atoms with E-state index < -0.39 is 5.82 Å². The minimum Gasteiger partial charge on any atom is -0.310 e. The van der Waals surface area contributed by atoms with Crippen LogP contribution >= 0.6 is 0 Å². The predicted molar refractivity (Wildman–Crippen MR) is 66.8 cm³/mol. The fourth-order valence-electron chi connectivity index (χ4n) is 1.51. The van der Waals surface area contributed by atoms with E-state index in [0.29, 0.717) is 5.56 Å². The quantitative estimate of drug-likeness (QED) is 0.820. The molecule has 1 nitrogen and oxygen atoms in total. The highest BCUT2D eigenvalue weighted by Crippen LogP contribution is 2.22. The Hall–Kier alpha value is -0.960. The molecule has 0 fully saturated rings. The number of halogens is 2. The summed E-state index contributed by atoms with van der Waals surface area (Å²) in [7, 11) is 0. The minimum absolute atomic E-state index is 0.165. The van der Waals surface area contributed by atoms with E-state index in [1.54, 1.807) is 0 Å². The molecule has 0 aromatic heterocycles. The van der Waals surface area contributed by atoms with E-state index in [1.807, 2.05) is 6.92 Å². The molecule has 0 amide bonds. The maximum atomic E-state index is 13.5. The monoisotopic (exact) mass is 241 g/mol. The smallest absolute Gasteiger partial charge is 0.128 e. The van der Waals surface area contributed by atoms with Crippen molar-refractivity contribution in [3.63, 3.8) is 0 Å². The highest BCUT2D eigenvalue weighted by atomic mass is 19.1. The van der Waals surface area contributed by atoms with Crippen LogP contribution in [-0.4, -0.2) is 6.54 Å². The topological polar surface area (TPSA) is 12.0 Å². The second kappa shape index (κ2) is 5.58.